The average Bonchev–Trinajstić information content (AvgIpc) is 2.12. The Bertz CT molecular complexity index is 422. The van der Waals surface area contributed by atoms with Gasteiger partial charge in [0.2, 0.25) is 5.91 Å². The standard InChI is InChI=1S/C8H10F3N3O3S/c9-8(10,11)1-2-14-7(16)13-5(3-6(12)15)4-18(14)17/h4H,1-3H2,(H2,12,15)(H,13,16). The molecule has 3 N–H and O–H groups in total. The molecule has 1 rings (SSSR count). The summed E-state index contributed by atoms with van der Waals surface area (Å²) in [6, 6.07) is -0.948. The molecule has 0 aromatic rings. The van der Waals surface area contributed by atoms with Crippen LogP contribution < -0.4 is 11.1 Å². The summed E-state index contributed by atoms with van der Waals surface area (Å²) in [5.74, 6) is -0.748. The fraction of sp³-hybridized carbons (Fsp3) is 0.500. The van der Waals surface area contributed by atoms with Gasteiger partial charge in [0, 0.05) is 17.6 Å². The summed E-state index contributed by atoms with van der Waals surface area (Å²) in [4.78, 5) is 22.0. The molecular weight excluding hydrogens is 275 g/mol. The molecule has 0 aromatic heterocycles. The molecule has 0 fully saturated rings. The van der Waals surface area contributed by atoms with Crippen molar-refractivity contribution in [3.63, 3.8) is 0 Å². The van der Waals surface area contributed by atoms with Crippen LogP contribution in [0, 0.1) is 0 Å². The molecular formula is C8H10F3N3O3S. The zero-order valence-corrected chi connectivity index (χ0v) is 9.81. The van der Waals surface area contributed by atoms with Crippen molar-refractivity contribution < 1.29 is 27.0 Å². The molecule has 1 atom stereocenters. The first-order valence-electron chi connectivity index (χ1n) is 4.74. The van der Waals surface area contributed by atoms with Gasteiger partial charge < -0.3 is 11.1 Å². The van der Waals surface area contributed by atoms with E-state index in [-0.39, 0.29) is 12.1 Å². The molecule has 18 heavy (non-hydrogen) atoms. The van der Waals surface area contributed by atoms with Gasteiger partial charge in [0.05, 0.1) is 12.8 Å². The van der Waals surface area contributed by atoms with Crippen LogP contribution in [-0.4, -0.2) is 33.2 Å². The molecule has 6 nitrogen and oxygen atoms in total. The number of carbonyl (C=O) groups is 2. The van der Waals surface area contributed by atoms with Crippen LogP contribution in [0.2, 0.25) is 0 Å². The van der Waals surface area contributed by atoms with E-state index in [4.69, 9.17) is 5.73 Å². The fourth-order valence-electron chi connectivity index (χ4n) is 1.19. The van der Waals surface area contributed by atoms with Gasteiger partial charge in [0.1, 0.15) is 0 Å². The lowest BCUT2D eigenvalue weighted by atomic mass is 10.3. The lowest BCUT2D eigenvalue weighted by Gasteiger charge is -2.25. The quantitative estimate of drug-likeness (QED) is 0.780. The molecule has 0 aliphatic carbocycles. The Morgan fingerprint density at radius 1 is 1.50 bits per heavy atom. The maximum Gasteiger partial charge on any atom is 0.390 e. The molecule has 0 bridgehead atoms. The number of rotatable bonds is 4. The lowest BCUT2D eigenvalue weighted by molar-refractivity contribution is -0.134. The van der Waals surface area contributed by atoms with Gasteiger partial charge >= 0.3 is 12.2 Å². The van der Waals surface area contributed by atoms with Crippen LogP contribution in [0.15, 0.2) is 11.1 Å². The Kier molecular flexibility index (Phi) is 4.33. The van der Waals surface area contributed by atoms with E-state index in [2.05, 4.69) is 5.32 Å². The average molecular weight is 285 g/mol. The maximum absolute atomic E-state index is 12.0. The second kappa shape index (κ2) is 5.38. The third-order valence-electron chi connectivity index (χ3n) is 1.92. The van der Waals surface area contributed by atoms with E-state index in [1.54, 1.807) is 0 Å². The second-order valence-corrected chi connectivity index (χ2v) is 4.69. The van der Waals surface area contributed by atoms with E-state index >= 15 is 0 Å². The summed E-state index contributed by atoms with van der Waals surface area (Å²) < 4.78 is 48.0. The van der Waals surface area contributed by atoms with Gasteiger partial charge in [-0.2, -0.15) is 13.2 Å². The summed E-state index contributed by atoms with van der Waals surface area (Å²) in [7, 11) is -2.04. The van der Waals surface area contributed by atoms with Crippen molar-refractivity contribution in [1.29, 1.82) is 0 Å². The van der Waals surface area contributed by atoms with Crippen molar-refractivity contribution in [3.8, 4) is 0 Å². The van der Waals surface area contributed by atoms with Crippen LogP contribution in [0.3, 0.4) is 0 Å². The largest absolute Gasteiger partial charge is 0.390 e. The molecule has 1 aliphatic heterocycles. The van der Waals surface area contributed by atoms with Gasteiger partial charge in [-0.15, -0.1) is 0 Å². The predicted molar refractivity (Wildman–Crippen MR) is 55.9 cm³/mol. The van der Waals surface area contributed by atoms with E-state index in [0.29, 0.717) is 4.31 Å². The molecule has 0 radical (unpaired) electrons. The first kappa shape index (κ1) is 14.5. The monoisotopic (exact) mass is 285 g/mol. The SMILES string of the molecule is NC(=O)CC1=CS(=O)N(CCC(F)(F)F)C(=O)N1. The van der Waals surface area contributed by atoms with Gasteiger partial charge in [-0.3, -0.25) is 4.79 Å². The number of hydrogen-bond acceptors (Lipinski definition) is 3. The van der Waals surface area contributed by atoms with Gasteiger partial charge in [0.15, 0.2) is 11.0 Å². The zero-order chi connectivity index (χ0) is 13.9. The van der Waals surface area contributed by atoms with Crippen molar-refractivity contribution in [2.45, 2.75) is 19.0 Å². The highest BCUT2D eigenvalue weighted by Crippen LogP contribution is 2.21. The number of amides is 3. The number of primary amides is 1. The fourth-order valence-corrected chi connectivity index (χ4v) is 2.18. The van der Waals surface area contributed by atoms with Gasteiger partial charge in [-0.05, 0) is 0 Å². The van der Waals surface area contributed by atoms with Crippen molar-refractivity contribution >= 4 is 22.9 Å². The first-order chi connectivity index (χ1) is 8.19. The zero-order valence-electron chi connectivity index (χ0n) is 8.99. The summed E-state index contributed by atoms with van der Waals surface area (Å²) in [6.45, 7) is -0.720. The van der Waals surface area contributed by atoms with Gasteiger partial charge in [-0.1, -0.05) is 0 Å². The van der Waals surface area contributed by atoms with E-state index in [1.165, 1.54) is 0 Å². The second-order valence-electron chi connectivity index (χ2n) is 3.46. The highest BCUT2D eigenvalue weighted by molar-refractivity contribution is 7.86. The highest BCUT2D eigenvalue weighted by Gasteiger charge is 2.32. The molecule has 102 valence electrons. The van der Waals surface area contributed by atoms with Crippen LogP contribution in [0.1, 0.15) is 12.8 Å². The number of nitrogens with zero attached hydrogens (tertiary/aromatic N) is 1. The molecule has 1 heterocycles. The molecule has 1 unspecified atom stereocenters. The van der Waals surface area contributed by atoms with Crippen molar-refractivity contribution in [2.24, 2.45) is 5.73 Å². The van der Waals surface area contributed by atoms with E-state index in [9.17, 15) is 27.0 Å². The minimum Gasteiger partial charge on any atom is -0.369 e. The van der Waals surface area contributed by atoms with Gasteiger partial charge in [0.25, 0.3) is 0 Å². The molecule has 0 spiro atoms. The molecule has 0 saturated heterocycles. The third-order valence-corrected chi connectivity index (χ3v) is 3.19. The van der Waals surface area contributed by atoms with E-state index < -0.39 is 42.1 Å². The Hall–Kier alpha value is -1.58. The molecule has 10 heteroatoms. The van der Waals surface area contributed by atoms with Crippen LogP contribution in [-0.2, 0) is 15.8 Å². The minimum atomic E-state index is -4.44. The molecule has 0 aromatic carbocycles. The van der Waals surface area contributed by atoms with E-state index in [0.717, 1.165) is 5.41 Å². The molecule has 1 aliphatic rings. The molecule has 3 amide bonds. The summed E-state index contributed by atoms with van der Waals surface area (Å²) in [5.41, 5.74) is 4.89. The predicted octanol–water partition coefficient (Wildman–Crippen LogP) is 0.344. The summed E-state index contributed by atoms with van der Waals surface area (Å²) >= 11 is 0. The number of hydrogen-bond donors (Lipinski definition) is 2. The minimum absolute atomic E-state index is 0.0223. The number of alkyl halides is 3. The first-order valence-corrected chi connectivity index (χ1v) is 5.91. The Morgan fingerprint density at radius 2 is 2.11 bits per heavy atom. The van der Waals surface area contributed by atoms with Crippen LogP contribution >= 0.6 is 0 Å². The van der Waals surface area contributed by atoms with Crippen LogP contribution in [0.4, 0.5) is 18.0 Å². The van der Waals surface area contributed by atoms with E-state index in [1.807, 2.05) is 0 Å². The van der Waals surface area contributed by atoms with Crippen molar-refractivity contribution in [3.05, 3.63) is 11.1 Å². The number of nitrogens with two attached hydrogens (primary N) is 1. The summed E-state index contributed by atoms with van der Waals surface area (Å²) in [6.07, 6.45) is -6.03. The normalized spacial score (nSPS) is 20.4. The number of nitrogens with one attached hydrogen (secondary N) is 1. The summed E-state index contributed by atoms with van der Waals surface area (Å²) in [5, 5.41) is 3.14. The van der Waals surface area contributed by atoms with Crippen LogP contribution in [0.5, 0.6) is 0 Å². The molecule has 0 saturated carbocycles. The number of halogens is 3. The van der Waals surface area contributed by atoms with Crippen molar-refractivity contribution in [1.82, 2.24) is 9.62 Å². The Morgan fingerprint density at radius 3 is 2.56 bits per heavy atom. The highest BCUT2D eigenvalue weighted by atomic mass is 32.2. The Balaban J connectivity index is 2.69. The topological polar surface area (TPSA) is 92.5 Å². The van der Waals surface area contributed by atoms with Crippen LogP contribution in [0.25, 0.3) is 0 Å². The van der Waals surface area contributed by atoms with Gasteiger partial charge in [-0.25, -0.2) is 13.3 Å². The number of carbonyl (C=O) groups excluding carboxylic acids is 2. The Labute approximate surface area is 103 Å². The van der Waals surface area contributed by atoms with Crippen molar-refractivity contribution in [2.75, 3.05) is 6.54 Å². The third kappa shape index (κ3) is 4.35. The maximum atomic E-state index is 12.0. The lowest BCUT2D eigenvalue weighted by Crippen LogP contribution is -2.45. The smallest absolute Gasteiger partial charge is 0.369 e. The number of urea groups is 1.